The van der Waals surface area contributed by atoms with Crippen LogP contribution in [0.4, 0.5) is 9.52 Å². The molecule has 3 rings (SSSR count). The highest BCUT2D eigenvalue weighted by atomic mass is 79.9. The maximum atomic E-state index is 13.0. The van der Waals surface area contributed by atoms with Crippen molar-refractivity contribution >= 4 is 38.3 Å². The van der Waals surface area contributed by atoms with Crippen LogP contribution in [-0.2, 0) is 12.8 Å². The molecule has 1 aromatic carbocycles. The van der Waals surface area contributed by atoms with Crippen molar-refractivity contribution in [2.24, 2.45) is 5.73 Å². The summed E-state index contributed by atoms with van der Waals surface area (Å²) in [4.78, 5) is 17.8. The first-order valence-electron chi connectivity index (χ1n) is 6.53. The number of thiazole rings is 1. The molecule has 110 valence electrons. The van der Waals surface area contributed by atoms with Crippen LogP contribution < -0.4 is 11.1 Å². The fourth-order valence-corrected chi connectivity index (χ4v) is 3.92. The van der Waals surface area contributed by atoms with Gasteiger partial charge in [0.25, 0.3) is 5.91 Å². The maximum absolute atomic E-state index is 13.0. The Hall–Kier alpha value is -1.31. The number of carbonyl (C=O) groups is 1. The molecule has 1 aliphatic carbocycles. The Labute approximate surface area is 133 Å². The zero-order valence-electron chi connectivity index (χ0n) is 11.0. The Balaban J connectivity index is 1.79. The largest absolute Gasteiger partial charge is 0.327 e. The zero-order chi connectivity index (χ0) is 15.0. The Bertz CT molecular complexity index is 704. The molecule has 1 atom stereocenters. The molecule has 2 aromatic rings. The second-order valence-corrected chi connectivity index (χ2v) is 6.91. The third-order valence-corrected chi connectivity index (χ3v) is 5.07. The van der Waals surface area contributed by atoms with Crippen molar-refractivity contribution in [2.75, 3.05) is 5.32 Å². The molecule has 0 bridgehead atoms. The number of carbonyl (C=O) groups excluding carboxylic acids is 1. The van der Waals surface area contributed by atoms with Crippen molar-refractivity contribution in [1.82, 2.24) is 4.98 Å². The predicted molar refractivity (Wildman–Crippen MR) is 84.2 cm³/mol. The molecule has 7 heteroatoms. The van der Waals surface area contributed by atoms with Gasteiger partial charge >= 0.3 is 0 Å². The van der Waals surface area contributed by atoms with E-state index in [2.05, 4.69) is 26.2 Å². The number of amides is 1. The van der Waals surface area contributed by atoms with E-state index in [1.54, 1.807) is 0 Å². The van der Waals surface area contributed by atoms with Crippen molar-refractivity contribution in [3.63, 3.8) is 0 Å². The van der Waals surface area contributed by atoms with Gasteiger partial charge in [0.2, 0.25) is 0 Å². The van der Waals surface area contributed by atoms with Crippen LogP contribution in [0.15, 0.2) is 22.7 Å². The molecule has 0 saturated carbocycles. The molecule has 0 radical (unpaired) electrons. The minimum Gasteiger partial charge on any atom is -0.327 e. The van der Waals surface area contributed by atoms with Gasteiger partial charge < -0.3 is 5.73 Å². The number of fused-ring (bicyclic) bond motifs is 1. The van der Waals surface area contributed by atoms with Crippen LogP contribution in [0.3, 0.4) is 0 Å². The van der Waals surface area contributed by atoms with E-state index >= 15 is 0 Å². The summed E-state index contributed by atoms with van der Waals surface area (Å²) in [6.45, 7) is 0. The smallest absolute Gasteiger partial charge is 0.258 e. The number of nitrogens with zero attached hydrogens (tertiary/aromatic N) is 1. The predicted octanol–water partition coefficient (Wildman–Crippen LogP) is 3.11. The molecule has 1 amide bonds. The van der Waals surface area contributed by atoms with E-state index < -0.39 is 5.82 Å². The number of anilines is 1. The van der Waals surface area contributed by atoms with Gasteiger partial charge in [-0.3, -0.25) is 10.1 Å². The van der Waals surface area contributed by atoms with E-state index in [9.17, 15) is 9.18 Å². The van der Waals surface area contributed by atoms with Crippen LogP contribution in [0.1, 0.15) is 27.3 Å². The van der Waals surface area contributed by atoms with E-state index in [1.165, 1.54) is 29.5 Å². The fraction of sp³-hybridized carbons (Fsp3) is 0.286. The highest BCUT2D eigenvalue weighted by Gasteiger charge is 2.21. The Morgan fingerprint density at radius 2 is 2.33 bits per heavy atom. The monoisotopic (exact) mass is 369 g/mol. The molecule has 1 aliphatic rings. The van der Waals surface area contributed by atoms with Gasteiger partial charge in [0, 0.05) is 15.4 Å². The Morgan fingerprint density at radius 1 is 1.52 bits per heavy atom. The van der Waals surface area contributed by atoms with Gasteiger partial charge in [-0.1, -0.05) is 0 Å². The molecule has 1 heterocycles. The summed E-state index contributed by atoms with van der Waals surface area (Å²) in [5, 5.41) is 3.33. The first-order chi connectivity index (χ1) is 10.0. The Morgan fingerprint density at radius 3 is 3.10 bits per heavy atom. The summed E-state index contributed by atoms with van der Waals surface area (Å²) >= 11 is 4.65. The van der Waals surface area contributed by atoms with E-state index in [0.29, 0.717) is 15.2 Å². The summed E-state index contributed by atoms with van der Waals surface area (Å²) in [6.07, 6.45) is 2.58. The molecule has 21 heavy (non-hydrogen) atoms. The molecular weight excluding hydrogens is 357 g/mol. The first kappa shape index (κ1) is 14.6. The quantitative estimate of drug-likeness (QED) is 0.854. The van der Waals surface area contributed by atoms with Crippen LogP contribution in [0.25, 0.3) is 0 Å². The maximum Gasteiger partial charge on any atom is 0.258 e. The van der Waals surface area contributed by atoms with Gasteiger partial charge in [-0.05, 0) is 53.4 Å². The van der Waals surface area contributed by atoms with Crippen molar-refractivity contribution in [1.29, 1.82) is 0 Å². The summed E-state index contributed by atoms with van der Waals surface area (Å²) < 4.78 is 13.5. The zero-order valence-corrected chi connectivity index (χ0v) is 13.4. The molecule has 0 fully saturated rings. The number of aryl methyl sites for hydroxylation is 1. The van der Waals surface area contributed by atoms with Crippen LogP contribution in [0.2, 0.25) is 0 Å². The van der Waals surface area contributed by atoms with E-state index in [0.717, 1.165) is 29.8 Å². The summed E-state index contributed by atoms with van der Waals surface area (Å²) in [7, 11) is 0. The lowest BCUT2D eigenvalue weighted by molar-refractivity contribution is 0.102. The molecule has 1 aromatic heterocycles. The second kappa shape index (κ2) is 5.82. The van der Waals surface area contributed by atoms with E-state index in [1.807, 2.05) is 0 Å². The van der Waals surface area contributed by atoms with Gasteiger partial charge in [0.05, 0.1) is 11.3 Å². The molecule has 3 N–H and O–H groups in total. The average Bonchev–Trinajstić information content (AvgIpc) is 2.79. The van der Waals surface area contributed by atoms with Crippen molar-refractivity contribution in [2.45, 2.75) is 25.3 Å². The van der Waals surface area contributed by atoms with Gasteiger partial charge in [-0.15, -0.1) is 11.3 Å². The van der Waals surface area contributed by atoms with Gasteiger partial charge in [0.15, 0.2) is 5.13 Å². The van der Waals surface area contributed by atoms with Crippen molar-refractivity contribution < 1.29 is 9.18 Å². The molecule has 0 unspecified atom stereocenters. The number of benzene rings is 1. The van der Waals surface area contributed by atoms with E-state index in [4.69, 9.17) is 5.73 Å². The highest BCUT2D eigenvalue weighted by Crippen LogP contribution is 2.30. The number of rotatable bonds is 2. The lowest BCUT2D eigenvalue weighted by atomic mass is 9.99. The number of nitrogens with one attached hydrogen (secondary N) is 1. The molecule has 0 aliphatic heterocycles. The third kappa shape index (κ3) is 3.14. The topological polar surface area (TPSA) is 68.0 Å². The first-order valence-corrected chi connectivity index (χ1v) is 8.14. The molecule has 4 nitrogen and oxygen atoms in total. The molecule has 0 saturated heterocycles. The normalized spacial score (nSPS) is 17.4. The fourth-order valence-electron chi connectivity index (χ4n) is 2.29. The highest BCUT2D eigenvalue weighted by molar-refractivity contribution is 9.10. The summed E-state index contributed by atoms with van der Waals surface area (Å²) in [5.41, 5.74) is 7.33. The van der Waals surface area contributed by atoms with Gasteiger partial charge in [0.1, 0.15) is 5.82 Å². The molecule has 0 spiro atoms. The lowest BCUT2D eigenvalue weighted by Crippen LogP contribution is -2.27. The van der Waals surface area contributed by atoms with Crippen LogP contribution >= 0.6 is 27.3 Å². The number of halogens is 2. The lowest BCUT2D eigenvalue weighted by Gasteiger charge is -2.15. The number of nitrogens with two attached hydrogens (primary N) is 1. The number of hydrogen-bond acceptors (Lipinski definition) is 4. The number of aromatic nitrogens is 1. The van der Waals surface area contributed by atoms with Crippen LogP contribution in [0, 0.1) is 5.82 Å². The van der Waals surface area contributed by atoms with Crippen molar-refractivity contribution in [3.8, 4) is 0 Å². The van der Waals surface area contributed by atoms with Gasteiger partial charge in [-0.25, -0.2) is 9.37 Å². The SMILES string of the molecule is N[C@H]1CCc2nc(NC(=O)c3ccc(F)cc3Br)sc2C1. The third-order valence-electron chi connectivity index (χ3n) is 3.37. The summed E-state index contributed by atoms with van der Waals surface area (Å²) in [5.74, 6) is -0.700. The summed E-state index contributed by atoms with van der Waals surface area (Å²) in [6, 6.07) is 4.14. The Kier molecular flexibility index (Phi) is 4.05. The number of hydrogen-bond donors (Lipinski definition) is 2. The van der Waals surface area contributed by atoms with Crippen LogP contribution in [-0.4, -0.2) is 16.9 Å². The average molecular weight is 370 g/mol. The van der Waals surface area contributed by atoms with Crippen LogP contribution in [0.5, 0.6) is 0 Å². The van der Waals surface area contributed by atoms with E-state index in [-0.39, 0.29) is 11.9 Å². The molecular formula is C14H13BrFN3OS. The minimum absolute atomic E-state index is 0.174. The standard InChI is InChI=1S/C14H13BrFN3OS/c15-10-5-7(16)1-3-9(10)13(20)19-14-18-11-4-2-8(17)6-12(11)21-14/h1,3,5,8H,2,4,6,17H2,(H,18,19,20)/t8-/m0/s1. The second-order valence-electron chi connectivity index (χ2n) is 4.97. The van der Waals surface area contributed by atoms with Gasteiger partial charge in [-0.2, -0.15) is 0 Å². The minimum atomic E-state index is -0.392. The van der Waals surface area contributed by atoms with Crippen molar-refractivity contribution in [3.05, 3.63) is 44.6 Å².